The summed E-state index contributed by atoms with van der Waals surface area (Å²) in [6.45, 7) is 2.00. The van der Waals surface area contributed by atoms with E-state index in [-0.39, 0.29) is 0 Å². The second-order valence-electron chi connectivity index (χ2n) is 3.69. The van der Waals surface area contributed by atoms with Crippen molar-refractivity contribution in [3.63, 3.8) is 0 Å². The Morgan fingerprint density at radius 1 is 1.06 bits per heavy atom. The van der Waals surface area contributed by atoms with Crippen molar-refractivity contribution >= 4 is 17.9 Å². The molecular formula is C14H11ClO. The first-order valence-electron chi connectivity index (χ1n) is 5.03. The standard InChI is InChI=1S/C14H11ClO/c1-10-6-7-14(15)13(8-10)12-5-3-2-4-11(12)9-16/h2-9H,1H3. The maximum absolute atomic E-state index is 11.0. The average molecular weight is 231 g/mol. The molecule has 0 aromatic heterocycles. The number of benzene rings is 2. The van der Waals surface area contributed by atoms with Crippen LogP contribution in [0.1, 0.15) is 15.9 Å². The number of hydrogen-bond acceptors (Lipinski definition) is 1. The van der Waals surface area contributed by atoms with E-state index in [1.54, 1.807) is 6.07 Å². The van der Waals surface area contributed by atoms with Gasteiger partial charge in [0.05, 0.1) is 0 Å². The second kappa shape index (κ2) is 4.50. The molecule has 0 heterocycles. The maximum Gasteiger partial charge on any atom is 0.150 e. The monoisotopic (exact) mass is 230 g/mol. The molecule has 0 aliphatic rings. The molecule has 0 unspecified atom stereocenters. The average Bonchev–Trinajstić information content (AvgIpc) is 2.32. The van der Waals surface area contributed by atoms with E-state index in [0.717, 1.165) is 23.0 Å². The van der Waals surface area contributed by atoms with E-state index in [0.29, 0.717) is 10.6 Å². The maximum atomic E-state index is 11.0. The van der Waals surface area contributed by atoms with E-state index >= 15 is 0 Å². The van der Waals surface area contributed by atoms with E-state index in [2.05, 4.69) is 0 Å². The smallest absolute Gasteiger partial charge is 0.150 e. The van der Waals surface area contributed by atoms with Crippen LogP contribution in [0.5, 0.6) is 0 Å². The minimum Gasteiger partial charge on any atom is -0.298 e. The van der Waals surface area contributed by atoms with Crippen LogP contribution in [0.4, 0.5) is 0 Å². The van der Waals surface area contributed by atoms with Gasteiger partial charge in [0.25, 0.3) is 0 Å². The largest absolute Gasteiger partial charge is 0.298 e. The quantitative estimate of drug-likeness (QED) is 0.709. The van der Waals surface area contributed by atoms with E-state index in [4.69, 9.17) is 11.6 Å². The summed E-state index contributed by atoms with van der Waals surface area (Å²) >= 11 is 6.14. The van der Waals surface area contributed by atoms with Gasteiger partial charge in [-0.2, -0.15) is 0 Å². The SMILES string of the molecule is Cc1ccc(Cl)c(-c2ccccc2C=O)c1. The van der Waals surface area contributed by atoms with Gasteiger partial charge >= 0.3 is 0 Å². The van der Waals surface area contributed by atoms with Gasteiger partial charge in [-0.15, -0.1) is 0 Å². The van der Waals surface area contributed by atoms with Crippen molar-refractivity contribution in [1.82, 2.24) is 0 Å². The predicted octanol–water partition coefficient (Wildman–Crippen LogP) is 4.13. The Morgan fingerprint density at radius 3 is 2.56 bits per heavy atom. The molecule has 0 bridgehead atoms. The molecule has 1 nitrogen and oxygen atoms in total. The van der Waals surface area contributed by atoms with E-state index in [1.807, 2.05) is 43.3 Å². The van der Waals surface area contributed by atoms with E-state index in [1.165, 1.54) is 0 Å². The van der Waals surface area contributed by atoms with Crippen LogP contribution in [0.25, 0.3) is 11.1 Å². The van der Waals surface area contributed by atoms with Crippen molar-refractivity contribution in [2.45, 2.75) is 6.92 Å². The van der Waals surface area contributed by atoms with Crippen molar-refractivity contribution in [2.24, 2.45) is 0 Å². The molecule has 0 fully saturated rings. The Kier molecular flexibility index (Phi) is 3.07. The number of aldehydes is 1. The molecule has 0 saturated heterocycles. The fourth-order valence-electron chi connectivity index (χ4n) is 1.69. The summed E-state index contributed by atoms with van der Waals surface area (Å²) in [5.74, 6) is 0. The molecule has 0 N–H and O–H groups in total. The minimum atomic E-state index is 0.662. The van der Waals surface area contributed by atoms with Crippen molar-refractivity contribution in [2.75, 3.05) is 0 Å². The zero-order valence-electron chi connectivity index (χ0n) is 8.91. The Balaban J connectivity index is 2.66. The highest BCUT2D eigenvalue weighted by Crippen LogP contribution is 2.30. The molecular weight excluding hydrogens is 220 g/mol. The number of aryl methyl sites for hydroxylation is 1. The minimum absolute atomic E-state index is 0.662. The lowest BCUT2D eigenvalue weighted by Crippen LogP contribution is -1.88. The number of carbonyl (C=O) groups is 1. The molecule has 0 atom stereocenters. The predicted molar refractivity (Wildman–Crippen MR) is 67.0 cm³/mol. The zero-order valence-corrected chi connectivity index (χ0v) is 9.66. The summed E-state index contributed by atoms with van der Waals surface area (Å²) in [4.78, 5) is 11.0. The highest BCUT2D eigenvalue weighted by Gasteiger charge is 2.07. The summed E-state index contributed by atoms with van der Waals surface area (Å²) in [7, 11) is 0. The number of halogens is 1. The van der Waals surface area contributed by atoms with Crippen LogP contribution in [0.15, 0.2) is 42.5 Å². The number of hydrogen-bond donors (Lipinski definition) is 0. The van der Waals surface area contributed by atoms with Crippen LogP contribution in [0.3, 0.4) is 0 Å². The normalized spacial score (nSPS) is 10.1. The van der Waals surface area contributed by atoms with Crippen LogP contribution in [0, 0.1) is 6.92 Å². The van der Waals surface area contributed by atoms with Crippen LogP contribution >= 0.6 is 11.6 Å². The van der Waals surface area contributed by atoms with Crippen molar-refractivity contribution < 1.29 is 4.79 Å². The molecule has 0 aliphatic carbocycles. The third kappa shape index (κ3) is 2.00. The lowest BCUT2D eigenvalue weighted by Gasteiger charge is -2.08. The Bertz CT molecular complexity index is 532. The second-order valence-corrected chi connectivity index (χ2v) is 4.10. The number of carbonyl (C=O) groups excluding carboxylic acids is 1. The summed E-state index contributed by atoms with van der Waals surface area (Å²) in [5.41, 5.74) is 3.57. The van der Waals surface area contributed by atoms with Gasteiger partial charge in [0.15, 0.2) is 6.29 Å². The Hall–Kier alpha value is -1.60. The van der Waals surface area contributed by atoms with E-state index < -0.39 is 0 Å². The first-order chi connectivity index (χ1) is 7.72. The first-order valence-corrected chi connectivity index (χ1v) is 5.41. The van der Waals surface area contributed by atoms with Gasteiger partial charge in [0, 0.05) is 16.1 Å². The van der Waals surface area contributed by atoms with Crippen molar-refractivity contribution in [3.05, 3.63) is 58.6 Å². The van der Waals surface area contributed by atoms with Crippen LogP contribution in [0.2, 0.25) is 5.02 Å². The Morgan fingerprint density at radius 2 is 1.81 bits per heavy atom. The molecule has 0 aliphatic heterocycles. The summed E-state index contributed by atoms with van der Waals surface area (Å²) in [5, 5.41) is 0.667. The third-order valence-corrected chi connectivity index (χ3v) is 2.83. The lowest BCUT2D eigenvalue weighted by atomic mass is 9.99. The van der Waals surface area contributed by atoms with Gasteiger partial charge in [0.1, 0.15) is 0 Å². The molecule has 0 radical (unpaired) electrons. The Labute approximate surface area is 99.7 Å². The first kappa shape index (κ1) is 10.9. The number of rotatable bonds is 2. The summed E-state index contributed by atoms with van der Waals surface area (Å²) < 4.78 is 0. The summed E-state index contributed by atoms with van der Waals surface area (Å²) in [6.07, 6.45) is 0.855. The lowest BCUT2D eigenvalue weighted by molar-refractivity contribution is 0.112. The molecule has 2 heteroatoms. The molecule has 2 rings (SSSR count). The van der Waals surface area contributed by atoms with Gasteiger partial charge in [-0.05, 0) is 24.6 Å². The molecule has 0 saturated carbocycles. The van der Waals surface area contributed by atoms with Crippen molar-refractivity contribution in [1.29, 1.82) is 0 Å². The topological polar surface area (TPSA) is 17.1 Å². The molecule has 80 valence electrons. The van der Waals surface area contributed by atoms with Gasteiger partial charge < -0.3 is 0 Å². The van der Waals surface area contributed by atoms with Gasteiger partial charge in [-0.25, -0.2) is 0 Å². The highest BCUT2D eigenvalue weighted by molar-refractivity contribution is 6.33. The molecule has 16 heavy (non-hydrogen) atoms. The van der Waals surface area contributed by atoms with Gasteiger partial charge in [-0.3, -0.25) is 4.79 Å². The molecule has 0 amide bonds. The van der Waals surface area contributed by atoms with E-state index in [9.17, 15) is 4.79 Å². The van der Waals surface area contributed by atoms with Gasteiger partial charge in [-0.1, -0.05) is 47.5 Å². The van der Waals surface area contributed by atoms with Crippen LogP contribution < -0.4 is 0 Å². The van der Waals surface area contributed by atoms with Crippen molar-refractivity contribution in [3.8, 4) is 11.1 Å². The third-order valence-electron chi connectivity index (χ3n) is 2.50. The van der Waals surface area contributed by atoms with Gasteiger partial charge in [0.2, 0.25) is 0 Å². The fraction of sp³-hybridized carbons (Fsp3) is 0.0714. The highest BCUT2D eigenvalue weighted by atomic mass is 35.5. The molecule has 2 aromatic rings. The molecule has 2 aromatic carbocycles. The van der Waals surface area contributed by atoms with Crippen LogP contribution in [-0.2, 0) is 0 Å². The fourth-order valence-corrected chi connectivity index (χ4v) is 1.91. The summed E-state index contributed by atoms with van der Waals surface area (Å²) in [6, 6.07) is 13.2. The molecule has 0 spiro atoms. The zero-order chi connectivity index (χ0) is 11.5. The van der Waals surface area contributed by atoms with Crippen LogP contribution in [-0.4, -0.2) is 6.29 Å².